The Bertz CT molecular complexity index is 369. The molecule has 16 heavy (non-hydrogen) atoms. The highest BCUT2D eigenvalue weighted by Gasteiger charge is 2.09. The number of ether oxygens (including phenoxy) is 1. The molecular formula is C11H16N2O2S. The Kier molecular flexibility index (Phi) is 4.98. The van der Waals surface area contributed by atoms with E-state index in [2.05, 4.69) is 0 Å². The van der Waals surface area contributed by atoms with Gasteiger partial charge in [0.2, 0.25) is 0 Å². The summed E-state index contributed by atoms with van der Waals surface area (Å²) in [5.41, 5.74) is 11.7. The molecule has 0 aliphatic carbocycles. The van der Waals surface area contributed by atoms with Gasteiger partial charge in [-0.05, 0) is 36.6 Å². The molecule has 0 spiro atoms. The molecule has 0 aromatic heterocycles. The van der Waals surface area contributed by atoms with Gasteiger partial charge in [0.05, 0.1) is 12.2 Å². The molecule has 0 unspecified atom stereocenters. The Hall–Kier alpha value is -1.36. The second-order valence-electron chi connectivity index (χ2n) is 3.31. The first-order valence-corrected chi connectivity index (χ1v) is 6.35. The van der Waals surface area contributed by atoms with E-state index in [0.717, 1.165) is 12.2 Å². The van der Waals surface area contributed by atoms with E-state index in [1.807, 2.05) is 6.26 Å². The summed E-state index contributed by atoms with van der Waals surface area (Å²) in [5, 5.41) is 0. The van der Waals surface area contributed by atoms with Crippen LogP contribution in [0.2, 0.25) is 0 Å². The van der Waals surface area contributed by atoms with Crippen LogP contribution in [-0.4, -0.2) is 24.5 Å². The summed E-state index contributed by atoms with van der Waals surface area (Å²) in [5.74, 6) is 1.01. The van der Waals surface area contributed by atoms with Gasteiger partial charge in [-0.2, -0.15) is 11.8 Å². The molecule has 0 radical (unpaired) electrons. The number of primary amides is 1. The van der Waals surface area contributed by atoms with Crippen LogP contribution in [0, 0.1) is 0 Å². The molecule has 4 N–H and O–H groups in total. The summed E-state index contributed by atoms with van der Waals surface area (Å²) in [6, 6.07) is 4.90. The molecule has 0 saturated carbocycles. The fourth-order valence-corrected chi connectivity index (χ4v) is 1.66. The van der Waals surface area contributed by atoms with Crippen molar-refractivity contribution in [2.75, 3.05) is 24.3 Å². The monoisotopic (exact) mass is 240 g/mol. The van der Waals surface area contributed by atoms with Gasteiger partial charge in [0.15, 0.2) is 0 Å². The highest BCUT2D eigenvalue weighted by molar-refractivity contribution is 7.98. The highest BCUT2D eigenvalue weighted by Crippen LogP contribution is 2.21. The summed E-state index contributed by atoms with van der Waals surface area (Å²) < 4.78 is 5.49. The van der Waals surface area contributed by atoms with Gasteiger partial charge in [0, 0.05) is 5.69 Å². The number of hydrogen-bond acceptors (Lipinski definition) is 4. The molecule has 0 heterocycles. The summed E-state index contributed by atoms with van der Waals surface area (Å²) in [6.45, 7) is 0.574. The number of nitrogens with two attached hydrogens (primary N) is 2. The zero-order valence-electron chi connectivity index (χ0n) is 9.23. The van der Waals surface area contributed by atoms with Crippen LogP contribution >= 0.6 is 11.8 Å². The number of thioether (sulfide) groups is 1. The van der Waals surface area contributed by atoms with Crippen LogP contribution in [0.25, 0.3) is 0 Å². The van der Waals surface area contributed by atoms with E-state index in [0.29, 0.717) is 23.6 Å². The van der Waals surface area contributed by atoms with E-state index < -0.39 is 5.91 Å². The van der Waals surface area contributed by atoms with Gasteiger partial charge < -0.3 is 16.2 Å². The molecule has 0 atom stereocenters. The Balaban J connectivity index is 2.67. The van der Waals surface area contributed by atoms with Crippen LogP contribution in [0.15, 0.2) is 18.2 Å². The first-order chi connectivity index (χ1) is 7.65. The Morgan fingerprint density at radius 1 is 1.50 bits per heavy atom. The third kappa shape index (κ3) is 3.66. The van der Waals surface area contributed by atoms with E-state index in [9.17, 15) is 4.79 Å². The maximum atomic E-state index is 11.1. The number of rotatable bonds is 6. The minimum Gasteiger partial charge on any atom is -0.493 e. The van der Waals surface area contributed by atoms with Crippen LogP contribution in [0.3, 0.4) is 0 Å². The molecule has 4 nitrogen and oxygen atoms in total. The maximum Gasteiger partial charge on any atom is 0.252 e. The topological polar surface area (TPSA) is 78.3 Å². The lowest BCUT2D eigenvalue weighted by Crippen LogP contribution is -2.14. The molecule has 0 saturated heterocycles. The number of carbonyl (C=O) groups excluding carboxylic acids is 1. The SMILES string of the molecule is CSCCCOc1ccc(N)cc1C(N)=O. The Morgan fingerprint density at radius 2 is 2.25 bits per heavy atom. The molecule has 1 aromatic carbocycles. The van der Waals surface area contributed by atoms with Crippen molar-refractivity contribution in [2.45, 2.75) is 6.42 Å². The summed E-state index contributed by atoms with van der Waals surface area (Å²) in [4.78, 5) is 11.1. The molecule has 1 aromatic rings. The number of hydrogen-bond donors (Lipinski definition) is 2. The number of anilines is 1. The van der Waals surface area contributed by atoms with Gasteiger partial charge in [0.1, 0.15) is 5.75 Å². The summed E-state index contributed by atoms with van der Waals surface area (Å²) >= 11 is 1.76. The zero-order chi connectivity index (χ0) is 12.0. The Morgan fingerprint density at radius 3 is 2.88 bits per heavy atom. The largest absolute Gasteiger partial charge is 0.493 e. The predicted molar refractivity (Wildman–Crippen MR) is 67.9 cm³/mol. The van der Waals surface area contributed by atoms with Gasteiger partial charge in [-0.25, -0.2) is 0 Å². The maximum absolute atomic E-state index is 11.1. The lowest BCUT2D eigenvalue weighted by atomic mass is 10.1. The number of amides is 1. The predicted octanol–water partition coefficient (Wildman–Crippen LogP) is 1.50. The van der Waals surface area contributed by atoms with Crippen molar-refractivity contribution >= 4 is 23.4 Å². The van der Waals surface area contributed by atoms with Crippen molar-refractivity contribution in [1.29, 1.82) is 0 Å². The second-order valence-corrected chi connectivity index (χ2v) is 4.30. The standard InChI is InChI=1S/C11H16N2O2S/c1-16-6-2-5-15-10-4-3-8(12)7-9(10)11(13)14/h3-4,7H,2,5-6,12H2,1H3,(H2,13,14). The van der Waals surface area contributed by atoms with Crippen molar-refractivity contribution in [1.82, 2.24) is 0 Å². The quantitative estimate of drug-likeness (QED) is 0.583. The fraction of sp³-hybridized carbons (Fsp3) is 0.364. The molecule has 1 amide bonds. The number of benzene rings is 1. The second kappa shape index (κ2) is 6.27. The molecule has 1 rings (SSSR count). The van der Waals surface area contributed by atoms with E-state index in [-0.39, 0.29) is 0 Å². The van der Waals surface area contributed by atoms with Crippen LogP contribution < -0.4 is 16.2 Å². The van der Waals surface area contributed by atoms with Gasteiger partial charge in [-0.15, -0.1) is 0 Å². The highest BCUT2D eigenvalue weighted by atomic mass is 32.2. The van der Waals surface area contributed by atoms with Gasteiger partial charge >= 0.3 is 0 Å². The van der Waals surface area contributed by atoms with E-state index >= 15 is 0 Å². The third-order valence-corrected chi connectivity index (χ3v) is 2.72. The van der Waals surface area contributed by atoms with Crippen LogP contribution in [0.4, 0.5) is 5.69 Å². The van der Waals surface area contributed by atoms with E-state index in [4.69, 9.17) is 16.2 Å². The summed E-state index contributed by atoms with van der Waals surface area (Å²) in [7, 11) is 0. The Labute approximate surface area is 99.3 Å². The molecule has 5 heteroatoms. The molecule has 88 valence electrons. The smallest absolute Gasteiger partial charge is 0.252 e. The first kappa shape index (κ1) is 12.7. The number of carbonyl (C=O) groups is 1. The third-order valence-electron chi connectivity index (χ3n) is 2.02. The van der Waals surface area contributed by atoms with E-state index in [1.165, 1.54) is 6.07 Å². The van der Waals surface area contributed by atoms with Crippen molar-refractivity contribution in [3.8, 4) is 5.75 Å². The van der Waals surface area contributed by atoms with Gasteiger partial charge in [-0.3, -0.25) is 4.79 Å². The van der Waals surface area contributed by atoms with Crippen molar-refractivity contribution in [3.05, 3.63) is 23.8 Å². The van der Waals surface area contributed by atoms with Crippen LogP contribution in [0.5, 0.6) is 5.75 Å². The van der Waals surface area contributed by atoms with Gasteiger partial charge in [-0.1, -0.05) is 0 Å². The van der Waals surface area contributed by atoms with Crippen LogP contribution in [-0.2, 0) is 0 Å². The fourth-order valence-electron chi connectivity index (χ4n) is 1.25. The molecule has 0 bridgehead atoms. The minimum absolute atomic E-state index is 0.337. The van der Waals surface area contributed by atoms with Crippen molar-refractivity contribution < 1.29 is 9.53 Å². The van der Waals surface area contributed by atoms with Crippen molar-refractivity contribution in [3.63, 3.8) is 0 Å². The first-order valence-electron chi connectivity index (χ1n) is 4.96. The van der Waals surface area contributed by atoms with Crippen molar-refractivity contribution in [2.24, 2.45) is 5.73 Å². The molecular weight excluding hydrogens is 224 g/mol. The average molecular weight is 240 g/mol. The normalized spacial score (nSPS) is 10.1. The number of nitrogen functional groups attached to an aromatic ring is 1. The minimum atomic E-state index is -0.521. The lowest BCUT2D eigenvalue weighted by Gasteiger charge is -2.09. The lowest BCUT2D eigenvalue weighted by molar-refractivity contribution is 0.0996. The summed E-state index contributed by atoms with van der Waals surface area (Å²) in [6.07, 6.45) is 2.97. The molecule has 0 aliphatic rings. The molecule has 0 aliphatic heterocycles. The van der Waals surface area contributed by atoms with Gasteiger partial charge in [0.25, 0.3) is 5.91 Å². The zero-order valence-corrected chi connectivity index (χ0v) is 10.0. The average Bonchev–Trinajstić information content (AvgIpc) is 2.26. The molecule has 0 fully saturated rings. The van der Waals surface area contributed by atoms with E-state index in [1.54, 1.807) is 23.9 Å². The van der Waals surface area contributed by atoms with Crippen LogP contribution in [0.1, 0.15) is 16.8 Å².